The molecular weight excluding hydrogens is 408 g/mol. The van der Waals surface area contributed by atoms with Crippen LogP contribution >= 0.6 is 0 Å². The molecule has 1 unspecified atom stereocenters. The summed E-state index contributed by atoms with van der Waals surface area (Å²) in [7, 11) is 0. The molecule has 0 spiro atoms. The summed E-state index contributed by atoms with van der Waals surface area (Å²) in [6, 6.07) is 14.8. The van der Waals surface area contributed by atoms with Gasteiger partial charge in [0, 0.05) is 18.4 Å². The van der Waals surface area contributed by atoms with E-state index in [1.165, 1.54) is 0 Å². The van der Waals surface area contributed by atoms with Gasteiger partial charge in [-0.3, -0.25) is 4.79 Å². The fourth-order valence-electron chi connectivity index (χ4n) is 4.33. The van der Waals surface area contributed by atoms with Gasteiger partial charge in [-0.05, 0) is 41.5 Å². The maximum Gasteiger partial charge on any atom is 0.407 e. The lowest BCUT2D eigenvalue weighted by molar-refractivity contribution is -0.142. The van der Waals surface area contributed by atoms with Crippen molar-refractivity contribution < 1.29 is 24.2 Å². The molecule has 7 heteroatoms. The highest BCUT2D eigenvalue weighted by atomic mass is 16.5. The molecular formula is C25H28N2O5. The van der Waals surface area contributed by atoms with Crippen molar-refractivity contribution in [2.75, 3.05) is 6.61 Å². The molecule has 0 aliphatic heterocycles. The quantitative estimate of drug-likeness (QED) is 0.556. The molecule has 0 aromatic heterocycles. The number of hydrogen-bond acceptors (Lipinski definition) is 4. The number of carbonyl (C=O) groups is 3. The molecule has 1 saturated carbocycles. The molecule has 2 amide bonds. The third-order valence-electron chi connectivity index (χ3n) is 6.10. The Labute approximate surface area is 187 Å². The Bertz CT molecular complexity index is 971. The van der Waals surface area contributed by atoms with Crippen molar-refractivity contribution in [2.24, 2.45) is 5.92 Å². The van der Waals surface area contributed by atoms with Gasteiger partial charge >= 0.3 is 12.1 Å². The van der Waals surface area contributed by atoms with Gasteiger partial charge in [0.2, 0.25) is 5.91 Å². The van der Waals surface area contributed by atoms with E-state index in [1.54, 1.807) is 6.92 Å². The lowest BCUT2D eigenvalue weighted by Crippen LogP contribution is -2.44. The van der Waals surface area contributed by atoms with Gasteiger partial charge in [0.25, 0.3) is 0 Å². The molecule has 7 nitrogen and oxygen atoms in total. The number of alkyl carbamates (subject to hydrolysis) is 1. The predicted octanol–water partition coefficient (Wildman–Crippen LogP) is 3.67. The van der Waals surface area contributed by atoms with Crippen molar-refractivity contribution in [3.05, 3.63) is 59.7 Å². The third kappa shape index (κ3) is 5.10. The predicted molar refractivity (Wildman–Crippen MR) is 119 cm³/mol. The lowest BCUT2D eigenvalue weighted by Gasteiger charge is -2.18. The second-order valence-electron chi connectivity index (χ2n) is 8.71. The number of amides is 2. The summed E-state index contributed by atoms with van der Waals surface area (Å²) < 4.78 is 5.50. The Morgan fingerprint density at radius 3 is 2.16 bits per heavy atom. The standard InChI is InChI=1S/C25H28N2O5/c1-15(12-23(28)27-22(24(29)30)13-16-10-11-16)26-25(31)32-14-21-19-8-4-2-6-17(19)18-7-3-5-9-20(18)21/h2-9,15-16,21-22H,10-14H2,1H3,(H,26,31)(H,27,28)(H,29,30)/t15?,22-/m0/s1. The van der Waals surface area contributed by atoms with Crippen molar-refractivity contribution in [3.8, 4) is 11.1 Å². The van der Waals surface area contributed by atoms with E-state index in [2.05, 4.69) is 34.9 Å². The van der Waals surface area contributed by atoms with Gasteiger partial charge in [-0.15, -0.1) is 0 Å². The highest BCUT2D eigenvalue weighted by Gasteiger charge is 2.31. The van der Waals surface area contributed by atoms with Crippen LogP contribution in [0.2, 0.25) is 0 Å². The van der Waals surface area contributed by atoms with E-state index in [9.17, 15) is 19.5 Å². The van der Waals surface area contributed by atoms with Crippen LogP contribution in [0.25, 0.3) is 11.1 Å². The number of nitrogens with one attached hydrogen (secondary N) is 2. The average Bonchev–Trinajstić information content (AvgIpc) is 3.52. The maximum absolute atomic E-state index is 12.3. The second-order valence-corrected chi connectivity index (χ2v) is 8.71. The van der Waals surface area contributed by atoms with Gasteiger partial charge in [0.05, 0.1) is 0 Å². The third-order valence-corrected chi connectivity index (χ3v) is 6.10. The zero-order valence-electron chi connectivity index (χ0n) is 18.0. The van der Waals surface area contributed by atoms with Crippen molar-refractivity contribution in [3.63, 3.8) is 0 Å². The molecule has 0 saturated heterocycles. The van der Waals surface area contributed by atoms with Crippen LogP contribution in [0.15, 0.2) is 48.5 Å². The Morgan fingerprint density at radius 2 is 1.59 bits per heavy atom. The van der Waals surface area contributed by atoms with Gasteiger partial charge in [-0.1, -0.05) is 61.4 Å². The topological polar surface area (TPSA) is 105 Å². The molecule has 2 aliphatic rings. The van der Waals surface area contributed by atoms with Gasteiger partial charge in [-0.2, -0.15) is 0 Å². The smallest absolute Gasteiger partial charge is 0.407 e. The van der Waals surface area contributed by atoms with E-state index in [4.69, 9.17) is 4.74 Å². The van der Waals surface area contributed by atoms with Crippen LogP contribution in [0.5, 0.6) is 0 Å². The highest BCUT2D eigenvalue weighted by Crippen LogP contribution is 2.44. The maximum atomic E-state index is 12.3. The second kappa shape index (κ2) is 9.42. The van der Waals surface area contributed by atoms with Gasteiger partial charge in [0.1, 0.15) is 12.6 Å². The molecule has 4 rings (SSSR count). The molecule has 32 heavy (non-hydrogen) atoms. The Hall–Kier alpha value is -3.35. The molecule has 2 aliphatic carbocycles. The Kier molecular flexibility index (Phi) is 6.44. The van der Waals surface area contributed by atoms with Crippen LogP contribution in [0, 0.1) is 5.92 Å². The van der Waals surface area contributed by atoms with Crippen LogP contribution in [-0.4, -0.2) is 41.8 Å². The largest absolute Gasteiger partial charge is 0.480 e. The minimum Gasteiger partial charge on any atom is -0.480 e. The summed E-state index contributed by atoms with van der Waals surface area (Å²) >= 11 is 0. The molecule has 2 aromatic carbocycles. The number of benzene rings is 2. The molecule has 1 fully saturated rings. The zero-order chi connectivity index (χ0) is 22.7. The number of carboxylic acids is 1. The average molecular weight is 437 g/mol. The lowest BCUT2D eigenvalue weighted by atomic mass is 9.98. The van der Waals surface area contributed by atoms with E-state index in [0.29, 0.717) is 12.3 Å². The monoisotopic (exact) mass is 436 g/mol. The van der Waals surface area contributed by atoms with Gasteiger partial charge < -0.3 is 20.5 Å². The Balaban J connectivity index is 1.28. The highest BCUT2D eigenvalue weighted by molar-refractivity contribution is 5.84. The minimum atomic E-state index is -1.03. The Morgan fingerprint density at radius 1 is 1.00 bits per heavy atom. The number of carbonyl (C=O) groups excluding carboxylic acids is 2. The summed E-state index contributed by atoms with van der Waals surface area (Å²) in [4.78, 5) is 35.9. The zero-order valence-corrected chi connectivity index (χ0v) is 18.0. The van der Waals surface area contributed by atoms with Crippen LogP contribution < -0.4 is 10.6 Å². The number of ether oxygens (including phenoxy) is 1. The molecule has 0 heterocycles. The first-order valence-electron chi connectivity index (χ1n) is 11.1. The number of rotatable bonds is 9. The summed E-state index contributed by atoms with van der Waals surface area (Å²) in [5.74, 6) is -1.08. The normalized spacial score (nSPS) is 16.4. The minimum absolute atomic E-state index is 0.0152. The first-order valence-corrected chi connectivity index (χ1v) is 11.1. The number of fused-ring (bicyclic) bond motifs is 3. The van der Waals surface area contributed by atoms with Gasteiger partial charge in [-0.25, -0.2) is 9.59 Å². The SMILES string of the molecule is CC(CC(=O)N[C@@H](CC1CC1)C(=O)O)NC(=O)OCC1c2ccccc2-c2ccccc21. The van der Waals surface area contributed by atoms with E-state index in [0.717, 1.165) is 35.1 Å². The van der Waals surface area contributed by atoms with Crippen molar-refractivity contribution in [2.45, 2.75) is 50.6 Å². The van der Waals surface area contributed by atoms with E-state index in [-0.39, 0.29) is 18.9 Å². The fourth-order valence-corrected chi connectivity index (χ4v) is 4.33. The van der Waals surface area contributed by atoms with Crippen LogP contribution in [0.1, 0.15) is 49.7 Å². The molecule has 2 atom stereocenters. The number of aliphatic carboxylic acids is 1. The van der Waals surface area contributed by atoms with Gasteiger partial charge in [0.15, 0.2) is 0 Å². The number of carboxylic acid groups (broad SMARTS) is 1. The van der Waals surface area contributed by atoms with Crippen molar-refractivity contribution >= 4 is 18.0 Å². The molecule has 168 valence electrons. The van der Waals surface area contributed by atoms with E-state index >= 15 is 0 Å². The van der Waals surface area contributed by atoms with Crippen LogP contribution in [0.3, 0.4) is 0 Å². The number of hydrogen-bond donors (Lipinski definition) is 3. The van der Waals surface area contributed by atoms with Crippen LogP contribution in [-0.2, 0) is 14.3 Å². The van der Waals surface area contributed by atoms with Crippen molar-refractivity contribution in [1.29, 1.82) is 0 Å². The summed E-state index contributed by atoms with van der Waals surface area (Å²) in [6.07, 6.45) is 1.87. The summed E-state index contributed by atoms with van der Waals surface area (Å²) in [5, 5.41) is 14.5. The molecule has 0 bridgehead atoms. The fraction of sp³-hybridized carbons (Fsp3) is 0.400. The molecule has 0 radical (unpaired) electrons. The van der Waals surface area contributed by atoms with E-state index < -0.39 is 30.1 Å². The van der Waals surface area contributed by atoms with Crippen LogP contribution in [0.4, 0.5) is 4.79 Å². The van der Waals surface area contributed by atoms with Crippen molar-refractivity contribution in [1.82, 2.24) is 10.6 Å². The summed E-state index contributed by atoms with van der Waals surface area (Å²) in [5.41, 5.74) is 4.57. The molecule has 2 aromatic rings. The van der Waals surface area contributed by atoms with E-state index in [1.807, 2.05) is 24.3 Å². The first-order chi connectivity index (χ1) is 15.4. The first kappa shape index (κ1) is 21.9. The molecule has 3 N–H and O–H groups in total. The summed E-state index contributed by atoms with van der Waals surface area (Å²) in [6.45, 7) is 1.89.